The number of nitro groups is 1. The topological polar surface area (TPSA) is 94.4 Å². The molecular weight excluding hydrogens is 214 g/mol. The number of nitrogens with one attached hydrogen (secondary N) is 1. The van der Waals surface area contributed by atoms with Crippen molar-refractivity contribution in [1.29, 1.82) is 0 Å². The molecule has 0 aliphatic heterocycles. The average Bonchev–Trinajstić information content (AvgIpc) is 2.18. The molecule has 1 rings (SSSR count). The Balaban J connectivity index is 3.28. The Morgan fingerprint density at radius 3 is 2.69 bits per heavy atom. The Morgan fingerprint density at radius 2 is 2.25 bits per heavy atom. The van der Waals surface area contributed by atoms with Crippen molar-refractivity contribution in [3.05, 3.63) is 21.9 Å². The number of amides is 1. The molecule has 1 aromatic rings. The number of aryl methyl sites for hydroxylation is 1. The molecule has 0 saturated heterocycles. The lowest BCUT2D eigenvalue weighted by molar-refractivity contribution is -0.385. The minimum atomic E-state index is -0.562. The molecule has 0 aromatic carbocycles. The minimum absolute atomic E-state index is 0.151. The van der Waals surface area contributed by atoms with Crippen molar-refractivity contribution in [1.82, 2.24) is 4.98 Å². The molecule has 1 amide bonds. The summed E-state index contributed by atoms with van der Waals surface area (Å²) in [5.41, 5.74) is 0.257. The van der Waals surface area contributed by atoms with Crippen molar-refractivity contribution in [2.24, 2.45) is 0 Å². The van der Waals surface area contributed by atoms with Gasteiger partial charge in [0, 0.05) is 13.0 Å². The molecule has 0 unspecified atom stereocenters. The maximum absolute atomic E-state index is 10.9. The Morgan fingerprint density at radius 1 is 1.62 bits per heavy atom. The van der Waals surface area contributed by atoms with Crippen molar-refractivity contribution < 1.29 is 14.5 Å². The van der Waals surface area contributed by atoms with Gasteiger partial charge in [-0.15, -0.1) is 0 Å². The summed E-state index contributed by atoms with van der Waals surface area (Å²) >= 11 is 0. The molecule has 7 heteroatoms. The molecule has 0 radical (unpaired) electrons. The predicted molar refractivity (Wildman–Crippen MR) is 56.5 cm³/mol. The van der Waals surface area contributed by atoms with Gasteiger partial charge in [0.05, 0.1) is 12.0 Å². The number of pyridine rings is 1. The van der Waals surface area contributed by atoms with E-state index in [-0.39, 0.29) is 28.9 Å². The van der Waals surface area contributed by atoms with Crippen molar-refractivity contribution >= 4 is 17.3 Å². The lowest BCUT2D eigenvalue weighted by Gasteiger charge is -2.08. The highest BCUT2D eigenvalue weighted by Gasteiger charge is 2.17. The zero-order valence-corrected chi connectivity index (χ0v) is 9.10. The van der Waals surface area contributed by atoms with Crippen molar-refractivity contribution in [2.75, 3.05) is 12.4 Å². The maximum atomic E-state index is 10.9. The van der Waals surface area contributed by atoms with Crippen LogP contribution < -0.4 is 10.1 Å². The second-order valence-electron chi connectivity index (χ2n) is 3.09. The standard InChI is InChI=1S/C9H11N3O4/c1-5-8(12(14)15)4-7(11-6(2)13)9(10-5)16-3/h4H,1-3H3,(H,11,13). The lowest BCUT2D eigenvalue weighted by Crippen LogP contribution is -2.09. The summed E-state index contributed by atoms with van der Waals surface area (Å²) in [6.07, 6.45) is 0. The van der Waals surface area contributed by atoms with Crippen LogP contribution in [0.4, 0.5) is 11.4 Å². The molecule has 1 aromatic heterocycles. The predicted octanol–water partition coefficient (Wildman–Crippen LogP) is 1.27. The Kier molecular flexibility index (Phi) is 3.39. The average molecular weight is 225 g/mol. The third-order valence-electron chi connectivity index (χ3n) is 1.85. The fraction of sp³-hybridized carbons (Fsp3) is 0.333. The number of carbonyl (C=O) groups is 1. The van der Waals surface area contributed by atoms with Crippen LogP contribution in [0, 0.1) is 17.0 Å². The number of aromatic nitrogens is 1. The fourth-order valence-corrected chi connectivity index (χ4v) is 1.19. The van der Waals surface area contributed by atoms with Crippen molar-refractivity contribution in [3.8, 4) is 5.88 Å². The summed E-state index contributed by atoms with van der Waals surface area (Å²) in [7, 11) is 1.37. The Labute approximate surface area is 91.6 Å². The highest BCUT2D eigenvalue weighted by molar-refractivity contribution is 5.90. The molecule has 0 bridgehead atoms. The summed E-state index contributed by atoms with van der Waals surface area (Å²) in [6, 6.07) is 1.22. The molecule has 16 heavy (non-hydrogen) atoms. The zero-order valence-electron chi connectivity index (χ0n) is 9.10. The van der Waals surface area contributed by atoms with Gasteiger partial charge in [0.25, 0.3) is 5.69 Å². The number of hydrogen-bond acceptors (Lipinski definition) is 5. The first-order valence-electron chi connectivity index (χ1n) is 4.43. The first kappa shape index (κ1) is 11.9. The second kappa shape index (κ2) is 4.56. The first-order valence-corrected chi connectivity index (χ1v) is 4.43. The van der Waals surface area contributed by atoms with Gasteiger partial charge in [-0.3, -0.25) is 14.9 Å². The van der Waals surface area contributed by atoms with Gasteiger partial charge in [0.2, 0.25) is 11.8 Å². The minimum Gasteiger partial charge on any atom is -0.480 e. The smallest absolute Gasteiger partial charge is 0.292 e. The van der Waals surface area contributed by atoms with Crippen LogP contribution in [0.15, 0.2) is 6.07 Å². The molecular formula is C9H11N3O4. The summed E-state index contributed by atoms with van der Waals surface area (Å²) in [5, 5.41) is 13.1. The molecule has 0 saturated carbocycles. The normalized spacial score (nSPS) is 9.69. The zero-order chi connectivity index (χ0) is 12.3. The number of hydrogen-bond donors (Lipinski definition) is 1. The number of nitrogens with zero attached hydrogens (tertiary/aromatic N) is 2. The molecule has 1 heterocycles. The molecule has 7 nitrogen and oxygen atoms in total. The van der Waals surface area contributed by atoms with Crippen LogP contribution in [-0.2, 0) is 4.79 Å². The number of methoxy groups -OCH3 is 1. The maximum Gasteiger partial charge on any atom is 0.292 e. The fourth-order valence-electron chi connectivity index (χ4n) is 1.19. The number of ether oxygens (including phenoxy) is 1. The van der Waals surface area contributed by atoms with Crippen LogP contribution in [0.25, 0.3) is 0 Å². The van der Waals surface area contributed by atoms with E-state index in [4.69, 9.17) is 4.74 Å². The van der Waals surface area contributed by atoms with Gasteiger partial charge < -0.3 is 10.1 Å². The van der Waals surface area contributed by atoms with E-state index in [9.17, 15) is 14.9 Å². The van der Waals surface area contributed by atoms with E-state index in [0.29, 0.717) is 0 Å². The first-order chi connectivity index (χ1) is 7.45. The van der Waals surface area contributed by atoms with Gasteiger partial charge >= 0.3 is 0 Å². The van der Waals surface area contributed by atoms with Crippen molar-refractivity contribution in [2.45, 2.75) is 13.8 Å². The third kappa shape index (κ3) is 2.44. The summed E-state index contributed by atoms with van der Waals surface area (Å²) in [4.78, 5) is 24.9. The Bertz CT molecular complexity index is 445. The van der Waals surface area contributed by atoms with Crippen molar-refractivity contribution in [3.63, 3.8) is 0 Å². The molecule has 0 fully saturated rings. The van der Waals surface area contributed by atoms with Gasteiger partial charge in [-0.05, 0) is 6.92 Å². The van der Waals surface area contributed by atoms with Gasteiger partial charge in [-0.1, -0.05) is 0 Å². The third-order valence-corrected chi connectivity index (χ3v) is 1.85. The van der Waals surface area contributed by atoms with E-state index in [0.717, 1.165) is 0 Å². The van der Waals surface area contributed by atoms with Crippen LogP contribution in [0.5, 0.6) is 5.88 Å². The van der Waals surface area contributed by atoms with Crippen LogP contribution in [0.1, 0.15) is 12.6 Å². The van der Waals surface area contributed by atoms with E-state index in [2.05, 4.69) is 10.3 Å². The molecule has 86 valence electrons. The van der Waals surface area contributed by atoms with E-state index in [1.54, 1.807) is 0 Å². The molecule has 1 N–H and O–H groups in total. The number of rotatable bonds is 3. The number of anilines is 1. The summed E-state index contributed by atoms with van der Waals surface area (Å²) in [6.45, 7) is 2.79. The van der Waals surface area contributed by atoms with Gasteiger partial charge in [-0.25, -0.2) is 4.98 Å². The Hall–Kier alpha value is -2.18. The largest absolute Gasteiger partial charge is 0.480 e. The van der Waals surface area contributed by atoms with E-state index < -0.39 is 4.92 Å². The van der Waals surface area contributed by atoms with Crippen LogP contribution >= 0.6 is 0 Å². The lowest BCUT2D eigenvalue weighted by atomic mass is 10.3. The SMILES string of the molecule is COc1nc(C)c([N+](=O)[O-])cc1NC(C)=O. The molecule has 0 atom stereocenters. The summed E-state index contributed by atoms with van der Waals surface area (Å²) < 4.78 is 4.91. The van der Waals surface area contributed by atoms with E-state index in [1.165, 1.54) is 27.0 Å². The van der Waals surface area contributed by atoms with E-state index in [1.807, 2.05) is 0 Å². The molecule has 0 spiro atoms. The van der Waals surface area contributed by atoms with Crippen LogP contribution in [0.3, 0.4) is 0 Å². The highest BCUT2D eigenvalue weighted by Crippen LogP contribution is 2.28. The molecule has 0 aliphatic carbocycles. The van der Waals surface area contributed by atoms with Crippen LogP contribution in [-0.4, -0.2) is 22.9 Å². The molecule has 0 aliphatic rings. The number of carbonyl (C=O) groups excluding carboxylic acids is 1. The highest BCUT2D eigenvalue weighted by atomic mass is 16.6. The monoisotopic (exact) mass is 225 g/mol. The van der Waals surface area contributed by atoms with Gasteiger partial charge in [0.15, 0.2) is 0 Å². The van der Waals surface area contributed by atoms with Crippen LogP contribution in [0.2, 0.25) is 0 Å². The second-order valence-corrected chi connectivity index (χ2v) is 3.09. The van der Waals surface area contributed by atoms with E-state index >= 15 is 0 Å². The van der Waals surface area contributed by atoms with Gasteiger partial charge in [-0.2, -0.15) is 0 Å². The summed E-state index contributed by atoms with van der Waals surface area (Å²) in [5.74, 6) is -0.198. The quantitative estimate of drug-likeness (QED) is 0.617. The van der Waals surface area contributed by atoms with Gasteiger partial charge in [0.1, 0.15) is 11.4 Å².